The number of nitro groups is 1. The van der Waals surface area contributed by atoms with Crippen molar-refractivity contribution in [3.05, 3.63) is 88.7 Å². The second-order valence-corrected chi connectivity index (χ2v) is 7.47. The minimum absolute atomic E-state index is 0.0897. The van der Waals surface area contributed by atoms with Gasteiger partial charge in [0, 0.05) is 6.07 Å². The third-order valence-corrected chi connectivity index (χ3v) is 5.75. The lowest BCUT2D eigenvalue weighted by molar-refractivity contribution is -0.384. The highest BCUT2D eigenvalue weighted by Crippen LogP contribution is 2.45. The molecule has 0 radical (unpaired) electrons. The summed E-state index contributed by atoms with van der Waals surface area (Å²) in [6, 6.07) is 15.5. The summed E-state index contributed by atoms with van der Waals surface area (Å²) in [5.74, 6) is -0.660. The van der Waals surface area contributed by atoms with Crippen LogP contribution in [0.5, 0.6) is 0 Å². The smallest absolute Gasteiger partial charge is 0.258 e. The summed E-state index contributed by atoms with van der Waals surface area (Å²) < 4.78 is 55.1. The molecule has 1 atom stereocenters. The van der Waals surface area contributed by atoms with Crippen LogP contribution in [0.4, 0.5) is 23.2 Å². The molecule has 138 valence electrons. The van der Waals surface area contributed by atoms with Gasteiger partial charge in [0.25, 0.3) is 5.69 Å². The fourth-order valence-corrected chi connectivity index (χ4v) is 4.51. The number of halogens is 4. The number of nitrogens with zero attached hydrogens (tertiary/aromatic N) is 1. The number of nitro benzene ring substituents is 1. The molecule has 0 aliphatic rings. The van der Waals surface area contributed by atoms with Crippen LogP contribution in [-0.2, 0) is 10.9 Å². The first-order valence-electron chi connectivity index (χ1n) is 7.68. The molecular formula is C19H12F4NO2S+. The number of benzene rings is 3. The molecule has 0 aromatic heterocycles. The Balaban J connectivity index is 2.32. The molecule has 0 heterocycles. The number of rotatable bonds is 4. The van der Waals surface area contributed by atoms with E-state index in [9.17, 15) is 27.7 Å². The average molecular weight is 394 g/mol. The van der Waals surface area contributed by atoms with Gasteiger partial charge in [0.1, 0.15) is 11.4 Å². The predicted octanol–water partition coefficient (Wildman–Crippen LogP) is 5.96. The molecule has 8 heteroatoms. The van der Waals surface area contributed by atoms with Gasteiger partial charge in [-0.3, -0.25) is 10.1 Å². The molecule has 0 spiro atoms. The van der Waals surface area contributed by atoms with Crippen molar-refractivity contribution < 1.29 is 22.5 Å². The second-order valence-electron chi connectivity index (χ2n) is 5.48. The molecule has 0 aliphatic carbocycles. The molecule has 0 aliphatic heterocycles. The highest BCUT2D eigenvalue weighted by Gasteiger charge is 2.56. The summed E-state index contributed by atoms with van der Waals surface area (Å²) in [5, 5.41) is 11.5. The van der Waals surface area contributed by atoms with Crippen LogP contribution in [0.1, 0.15) is 0 Å². The van der Waals surface area contributed by atoms with E-state index < -0.39 is 32.8 Å². The summed E-state index contributed by atoms with van der Waals surface area (Å²) in [7, 11) is -2.49. The Hall–Kier alpha value is -2.87. The van der Waals surface area contributed by atoms with Crippen molar-refractivity contribution in [1.82, 2.24) is 0 Å². The third-order valence-electron chi connectivity index (χ3n) is 3.76. The van der Waals surface area contributed by atoms with E-state index in [1.807, 2.05) is 0 Å². The molecule has 1 unspecified atom stereocenters. The van der Waals surface area contributed by atoms with Crippen LogP contribution in [0, 0.1) is 15.9 Å². The summed E-state index contributed by atoms with van der Waals surface area (Å²) in [5.41, 5.74) is -4.89. The van der Waals surface area contributed by atoms with Crippen LogP contribution in [0.25, 0.3) is 11.1 Å². The van der Waals surface area contributed by atoms with Gasteiger partial charge in [-0.1, -0.05) is 36.4 Å². The minimum Gasteiger partial charge on any atom is -0.258 e. The van der Waals surface area contributed by atoms with Crippen molar-refractivity contribution in [2.45, 2.75) is 15.3 Å². The fourth-order valence-electron chi connectivity index (χ4n) is 2.69. The maximum Gasteiger partial charge on any atom is 0.586 e. The summed E-state index contributed by atoms with van der Waals surface area (Å²) in [4.78, 5) is 10.4. The third kappa shape index (κ3) is 3.95. The van der Waals surface area contributed by atoms with Gasteiger partial charge in [-0.25, -0.2) is 4.39 Å². The SMILES string of the molecule is O=[N+]([O-])c1cccc([S+](c2ccc(F)cc2)C(F)(F)F)c1-c1ccccc1. The Morgan fingerprint density at radius 1 is 0.852 bits per heavy atom. The lowest BCUT2D eigenvalue weighted by atomic mass is 10.0. The highest BCUT2D eigenvalue weighted by atomic mass is 32.2. The van der Waals surface area contributed by atoms with Crippen LogP contribution in [0.15, 0.2) is 82.6 Å². The lowest BCUT2D eigenvalue weighted by Gasteiger charge is -2.14. The largest absolute Gasteiger partial charge is 0.586 e. The molecule has 0 bridgehead atoms. The Kier molecular flexibility index (Phi) is 5.18. The normalized spacial score (nSPS) is 12.6. The number of hydrogen-bond donors (Lipinski definition) is 0. The molecular weight excluding hydrogens is 382 g/mol. The highest BCUT2D eigenvalue weighted by molar-refractivity contribution is 7.98. The molecule has 0 fully saturated rings. The maximum atomic E-state index is 14.0. The fraction of sp³-hybridized carbons (Fsp3) is 0.0526. The molecule has 0 amide bonds. The van der Waals surface area contributed by atoms with E-state index in [4.69, 9.17) is 0 Å². The molecule has 27 heavy (non-hydrogen) atoms. The number of hydrogen-bond acceptors (Lipinski definition) is 2. The van der Waals surface area contributed by atoms with Crippen LogP contribution >= 0.6 is 0 Å². The zero-order chi connectivity index (χ0) is 19.6. The molecule has 0 saturated carbocycles. The van der Waals surface area contributed by atoms with E-state index in [2.05, 4.69) is 0 Å². The van der Waals surface area contributed by atoms with Gasteiger partial charge < -0.3 is 0 Å². The first-order chi connectivity index (χ1) is 12.8. The molecule has 3 aromatic rings. The van der Waals surface area contributed by atoms with Crippen molar-refractivity contribution >= 4 is 16.6 Å². The molecule has 3 nitrogen and oxygen atoms in total. The summed E-state index contributed by atoms with van der Waals surface area (Å²) in [6.45, 7) is 0. The van der Waals surface area contributed by atoms with Gasteiger partial charge in [0.15, 0.2) is 20.7 Å². The van der Waals surface area contributed by atoms with E-state index in [-0.39, 0.29) is 15.4 Å². The van der Waals surface area contributed by atoms with E-state index in [1.54, 1.807) is 18.2 Å². The van der Waals surface area contributed by atoms with Gasteiger partial charge in [-0.2, -0.15) is 0 Å². The van der Waals surface area contributed by atoms with Gasteiger partial charge in [0.2, 0.25) is 0 Å². The Morgan fingerprint density at radius 2 is 1.48 bits per heavy atom. The Labute approximate surface area is 154 Å². The van der Waals surface area contributed by atoms with Gasteiger partial charge >= 0.3 is 5.51 Å². The standard InChI is InChI=1S/C19H12F4NO2S/c20-14-9-11-15(12-10-14)27(19(21,22)23)17-8-4-7-16(24(25)26)18(17)13-5-2-1-3-6-13/h1-12H/q+1. The molecule has 0 N–H and O–H groups in total. The van der Waals surface area contributed by atoms with E-state index in [1.165, 1.54) is 30.3 Å². The van der Waals surface area contributed by atoms with Gasteiger partial charge in [0.05, 0.1) is 4.92 Å². The predicted molar refractivity (Wildman–Crippen MR) is 94.9 cm³/mol. The minimum atomic E-state index is -4.70. The van der Waals surface area contributed by atoms with Crippen molar-refractivity contribution in [2.24, 2.45) is 0 Å². The topological polar surface area (TPSA) is 43.1 Å². The Bertz CT molecular complexity index is 960. The summed E-state index contributed by atoms with van der Waals surface area (Å²) in [6.07, 6.45) is 0. The Morgan fingerprint density at radius 3 is 2.04 bits per heavy atom. The van der Waals surface area contributed by atoms with E-state index in [0.717, 1.165) is 24.3 Å². The molecule has 3 aromatic carbocycles. The second kappa shape index (κ2) is 7.40. The van der Waals surface area contributed by atoms with Crippen molar-refractivity contribution in [3.8, 4) is 11.1 Å². The molecule has 0 saturated heterocycles. The van der Waals surface area contributed by atoms with E-state index in [0.29, 0.717) is 5.56 Å². The van der Waals surface area contributed by atoms with Gasteiger partial charge in [-0.05, 0) is 35.9 Å². The van der Waals surface area contributed by atoms with Crippen LogP contribution in [0.2, 0.25) is 0 Å². The first kappa shape index (κ1) is 18.9. The zero-order valence-corrected chi connectivity index (χ0v) is 14.4. The first-order valence-corrected chi connectivity index (χ1v) is 8.91. The summed E-state index contributed by atoms with van der Waals surface area (Å²) >= 11 is 0. The monoisotopic (exact) mass is 394 g/mol. The number of alkyl halides is 3. The lowest BCUT2D eigenvalue weighted by Crippen LogP contribution is -2.25. The van der Waals surface area contributed by atoms with Crippen molar-refractivity contribution in [3.63, 3.8) is 0 Å². The maximum absolute atomic E-state index is 14.0. The quantitative estimate of drug-likeness (QED) is 0.237. The zero-order valence-electron chi connectivity index (χ0n) is 13.6. The van der Waals surface area contributed by atoms with Crippen molar-refractivity contribution in [2.75, 3.05) is 0 Å². The van der Waals surface area contributed by atoms with E-state index >= 15 is 0 Å². The van der Waals surface area contributed by atoms with Gasteiger partial charge in [-0.15, -0.1) is 13.2 Å². The van der Waals surface area contributed by atoms with Crippen molar-refractivity contribution in [1.29, 1.82) is 0 Å². The van der Waals surface area contributed by atoms with Crippen LogP contribution in [0.3, 0.4) is 0 Å². The van der Waals surface area contributed by atoms with Crippen LogP contribution in [-0.4, -0.2) is 10.4 Å². The molecule has 3 rings (SSSR count). The average Bonchev–Trinajstić information content (AvgIpc) is 2.63. The van der Waals surface area contributed by atoms with Crippen LogP contribution < -0.4 is 0 Å².